The highest BCUT2D eigenvalue weighted by Crippen LogP contribution is 2.29. The van der Waals surface area contributed by atoms with Gasteiger partial charge in [-0.25, -0.2) is 4.79 Å². The molecule has 0 unspecified atom stereocenters. The topological polar surface area (TPSA) is 127 Å². The van der Waals surface area contributed by atoms with Crippen molar-refractivity contribution in [3.05, 3.63) is 24.8 Å². The van der Waals surface area contributed by atoms with E-state index in [1.807, 2.05) is 6.08 Å². The predicted octanol–water partition coefficient (Wildman–Crippen LogP) is 6.09. The van der Waals surface area contributed by atoms with E-state index in [4.69, 9.17) is 9.47 Å². The van der Waals surface area contributed by atoms with Crippen LogP contribution in [0.15, 0.2) is 24.8 Å². The second kappa shape index (κ2) is 17.2. The Labute approximate surface area is 228 Å². The lowest BCUT2D eigenvalue weighted by atomic mass is 9.83. The number of carbonyl (C=O) groups is 4. The molecule has 0 aromatic heterocycles. The van der Waals surface area contributed by atoms with Crippen molar-refractivity contribution in [1.29, 1.82) is 0 Å². The number of ether oxygens (including phenoxy) is 2. The van der Waals surface area contributed by atoms with Crippen LogP contribution >= 0.6 is 0 Å². The number of aliphatic carboxylic acids is 1. The van der Waals surface area contributed by atoms with E-state index in [0.29, 0.717) is 25.0 Å². The van der Waals surface area contributed by atoms with Crippen LogP contribution in [0.4, 0.5) is 0 Å². The molecule has 0 saturated heterocycles. The first-order valence-corrected chi connectivity index (χ1v) is 13.7. The number of carboxylic acid groups (broad SMARTS) is 1. The van der Waals surface area contributed by atoms with Crippen molar-refractivity contribution in [3.8, 4) is 0 Å². The van der Waals surface area contributed by atoms with E-state index in [2.05, 4.69) is 6.58 Å². The Balaban J connectivity index is 4.96. The van der Waals surface area contributed by atoms with Gasteiger partial charge in [-0.3, -0.25) is 14.4 Å². The number of allylic oxidation sites excluding steroid dienone is 2. The molecular formula is C30H50O8. The van der Waals surface area contributed by atoms with Crippen LogP contribution in [0.5, 0.6) is 0 Å². The second-order valence-corrected chi connectivity index (χ2v) is 11.8. The van der Waals surface area contributed by atoms with E-state index in [-0.39, 0.29) is 0 Å². The lowest BCUT2D eigenvalue weighted by molar-refractivity contribution is -0.192. The van der Waals surface area contributed by atoms with Crippen molar-refractivity contribution in [3.63, 3.8) is 0 Å². The monoisotopic (exact) mass is 538 g/mol. The summed E-state index contributed by atoms with van der Waals surface area (Å²) >= 11 is 0. The summed E-state index contributed by atoms with van der Waals surface area (Å²) in [6.45, 7) is 13.3. The van der Waals surface area contributed by atoms with Gasteiger partial charge < -0.3 is 19.7 Å². The van der Waals surface area contributed by atoms with Gasteiger partial charge in [0.2, 0.25) is 0 Å². The quantitative estimate of drug-likeness (QED) is 0.115. The van der Waals surface area contributed by atoms with Gasteiger partial charge >= 0.3 is 17.9 Å². The molecule has 8 heteroatoms. The Hall–Kier alpha value is -2.48. The summed E-state index contributed by atoms with van der Waals surface area (Å²) < 4.78 is 10.5. The van der Waals surface area contributed by atoms with Crippen LogP contribution in [0, 0.1) is 5.92 Å². The first-order chi connectivity index (χ1) is 17.5. The van der Waals surface area contributed by atoms with Gasteiger partial charge in [0.05, 0.1) is 6.42 Å². The smallest absolute Gasteiger partial charge is 0.340 e. The number of carbonyl (C=O) groups excluding carboxylic acids is 3. The molecule has 38 heavy (non-hydrogen) atoms. The van der Waals surface area contributed by atoms with Gasteiger partial charge in [-0.05, 0) is 80.1 Å². The minimum Gasteiger partial charge on any atom is -0.481 e. The zero-order valence-corrected chi connectivity index (χ0v) is 24.3. The molecule has 0 fully saturated rings. The van der Waals surface area contributed by atoms with Gasteiger partial charge in [-0.1, -0.05) is 37.5 Å². The summed E-state index contributed by atoms with van der Waals surface area (Å²) in [5.74, 6) is -4.97. The molecule has 0 rings (SSSR count). The minimum absolute atomic E-state index is 0.291. The third-order valence-corrected chi connectivity index (χ3v) is 5.64. The molecule has 2 N–H and O–H groups in total. The number of aliphatic hydroxyl groups is 1. The number of unbranched alkanes of at least 4 members (excludes halogenated alkanes) is 7. The molecule has 0 aliphatic carbocycles. The zero-order valence-electron chi connectivity index (χ0n) is 24.3. The van der Waals surface area contributed by atoms with Crippen molar-refractivity contribution in [2.24, 2.45) is 5.92 Å². The molecule has 0 radical (unpaired) electrons. The van der Waals surface area contributed by atoms with Crippen LogP contribution in [-0.4, -0.2) is 50.7 Å². The molecule has 0 saturated carbocycles. The summed E-state index contributed by atoms with van der Waals surface area (Å²) in [4.78, 5) is 49.4. The maximum absolute atomic E-state index is 12.9. The number of rotatable bonds is 19. The van der Waals surface area contributed by atoms with E-state index in [9.17, 15) is 29.4 Å². The highest BCUT2D eigenvalue weighted by molar-refractivity contribution is 5.92. The van der Waals surface area contributed by atoms with Gasteiger partial charge in [0.25, 0.3) is 0 Å². The normalized spacial score (nSPS) is 14.5. The second-order valence-electron chi connectivity index (χ2n) is 11.8. The Kier molecular flexibility index (Phi) is 16.1. The lowest BCUT2D eigenvalue weighted by Crippen LogP contribution is -2.53. The number of hydrogen-bond acceptors (Lipinski definition) is 7. The number of ketones is 1. The van der Waals surface area contributed by atoms with Crippen molar-refractivity contribution in [2.45, 2.75) is 135 Å². The molecule has 0 aliphatic heterocycles. The fraction of sp³-hybridized carbons (Fsp3) is 0.733. The molecule has 0 heterocycles. The molecule has 0 bridgehead atoms. The Morgan fingerprint density at radius 2 is 1.29 bits per heavy atom. The molecule has 0 amide bonds. The van der Waals surface area contributed by atoms with Crippen LogP contribution in [0.1, 0.15) is 119 Å². The van der Waals surface area contributed by atoms with E-state index in [0.717, 1.165) is 51.4 Å². The maximum atomic E-state index is 12.9. The first-order valence-electron chi connectivity index (χ1n) is 13.7. The first kappa shape index (κ1) is 35.5. The molecule has 0 spiro atoms. The van der Waals surface area contributed by atoms with E-state index in [1.165, 1.54) is 6.08 Å². The van der Waals surface area contributed by atoms with Crippen molar-refractivity contribution < 1.29 is 38.9 Å². The highest BCUT2D eigenvalue weighted by Gasteiger charge is 2.51. The standard InChI is InChI=1S/C30H50O8/c1-8-9-10-13-16-19-23(31)20-17-14-11-12-15-18-21-24(26(33)34)30(36,27(35)38-29(5,6)7)22-25(32)37-28(2,3)4/h8,18,21,24,36H,1,9-17,19-20,22H2,2-7H3,(H,33,34)/b21-18+/t24-,30+/m1/s1. The number of Topliss-reactive ketones (excluding diaryl/α,β-unsaturated/α-hetero) is 1. The summed E-state index contributed by atoms with van der Waals surface area (Å²) in [7, 11) is 0. The van der Waals surface area contributed by atoms with Gasteiger partial charge in [-0.2, -0.15) is 0 Å². The van der Waals surface area contributed by atoms with Crippen molar-refractivity contribution in [2.75, 3.05) is 0 Å². The third kappa shape index (κ3) is 16.4. The predicted molar refractivity (Wildman–Crippen MR) is 148 cm³/mol. The average Bonchev–Trinajstić information content (AvgIpc) is 2.74. The summed E-state index contributed by atoms with van der Waals surface area (Å²) in [5, 5.41) is 21.0. The van der Waals surface area contributed by atoms with Gasteiger partial charge in [-0.15, -0.1) is 6.58 Å². The van der Waals surface area contributed by atoms with Gasteiger partial charge in [0, 0.05) is 12.8 Å². The number of carboxylic acids is 1. The fourth-order valence-electron chi connectivity index (χ4n) is 3.80. The molecule has 0 aliphatic rings. The molecule has 218 valence electrons. The minimum atomic E-state index is -2.63. The van der Waals surface area contributed by atoms with Crippen LogP contribution in [0.25, 0.3) is 0 Å². The SMILES string of the molecule is C=CCCCCCC(=O)CCCCCC/C=C/[C@H](C(=O)O)[C@@](O)(CC(=O)OC(C)(C)C)C(=O)OC(C)(C)C. The number of esters is 2. The Bertz CT molecular complexity index is 800. The molecule has 0 aromatic rings. The summed E-state index contributed by atoms with van der Waals surface area (Å²) in [6.07, 6.45) is 13.0. The maximum Gasteiger partial charge on any atom is 0.340 e. The largest absolute Gasteiger partial charge is 0.481 e. The Morgan fingerprint density at radius 1 is 0.789 bits per heavy atom. The summed E-state index contributed by atoms with van der Waals surface area (Å²) in [5.41, 5.74) is -4.51. The lowest BCUT2D eigenvalue weighted by Gasteiger charge is -2.33. The summed E-state index contributed by atoms with van der Waals surface area (Å²) in [6, 6.07) is 0. The van der Waals surface area contributed by atoms with Crippen molar-refractivity contribution >= 4 is 23.7 Å². The molecule has 2 atom stereocenters. The van der Waals surface area contributed by atoms with Crippen LogP contribution in [-0.2, 0) is 28.7 Å². The zero-order chi connectivity index (χ0) is 29.4. The van der Waals surface area contributed by atoms with Crippen LogP contribution in [0.3, 0.4) is 0 Å². The fourth-order valence-corrected chi connectivity index (χ4v) is 3.80. The van der Waals surface area contributed by atoms with Gasteiger partial charge in [0.15, 0.2) is 5.60 Å². The van der Waals surface area contributed by atoms with Gasteiger partial charge in [0.1, 0.15) is 22.9 Å². The van der Waals surface area contributed by atoms with E-state index < -0.39 is 47.0 Å². The van der Waals surface area contributed by atoms with Crippen molar-refractivity contribution in [1.82, 2.24) is 0 Å². The number of hydrogen-bond donors (Lipinski definition) is 2. The third-order valence-electron chi connectivity index (χ3n) is 5.64. The van der Waals surface area contributed by atoms with E-state index in [1.54, 1.807) is 47.6 Å². The molecule has 0 aromatic carbocycles. The Morgan fingerprint density at radius 3 is 1.79 bits per heavy atom. The molecular weight excluding hydrogens is 488 g/mol. The van der Waals surface area contributed by atoms with Crippen LogP contribution in [0.2, 0.25) is 0 Å². The van der Waals surface area contributed by atoms with Crippen LogP contribution < -0.4 is 0 Å². The molecule has 8 nitrogen and oxygen atoms in total. The average molecular weight is 539 g/mol. The van der Waals surface area contributed by atoms with E-state index >= 15 is 0 Å². The highest BCUT2D eigenvalue weighted by atomic mass is 16.6.